The summed E-state index contributed by atoms with van der Waals surface area (Å²) in [6.45, 7) is 1.87. The molecule has 1 heterocycles. The summed E-state index contributed by atoms with van der Waals surface area (Å²) in [4.78, 5) is 16.1. The quantitative estimate of drug-likeness (QED) is 0.854. The first kappa shape index (κ1) is 12.0. The number of nitrogens with one attached hydrogen (secondary N) is 1. The number of halogens is 1. The van der Waals surface area contributed by atoms with Gasteiger partial charge in [-0.3, -0.25) is 9.78 Å². The Bertz CT molecular complexity index is 555. The van der Waals surface area contributed by atoms with Crippen LogP contribution in [-0.4, -0.2) is 10.9 Å². The molecule has 3 nitrogen and oxygen atoms in total. The Morgan fingerprint density at radius 2 is 2.12 bits per heavy atom. The van der Waals surface area contributed by atoms with Crippen LogP contribution in [0, 0.1) is 10.5 Å². The number of hydrogen-bond donors (Lipinski definition) is 1. The molecule has 86 valence electrons. The standard InChI is InChI=1S/C13H11IN2O/c1-9-12(6-3-7-15-9)16-13(17)10-4-2-5-11(14)8-10/h2-8H,1H3,(H,16,17). The maximum absolute atomic E-state index is 12.0. The second-order valence-corrected chi connectivity index (χ2v) is 4.85. The van der Waals surface area contributed by atoms with Crippen LogP contribution >= 0.6 is 22.6 Å². The Morgan fingerprint density at radius 1 is 1.29 bits per heavy atom. The monoisotopic (exact) mass is 338 g/mol. The van der Waals surface area contributed by atoms with Crippen molar-refractivity contribution in [1.82, 2.24) is 4.98 Å². The summed E-state index contributed by atoms with van der Waals surface area (Å²) < 4.78 is 1.04. The smallest absolute Gasteiger partial charge is 0.255 e. The number of rotatable bonds is 2. The molecule has 0 spiro atoms. The van der Waals surface area contributed by atoms with Gasteiger partial charge in [-0.2, -0.15) is 0 Å². The summed E-state index contributed by atoms with van der Waals surface area (Å²) in [5.74, 6) is -0.111. The number of pyridine rings is 1. The second kappa shape index (κ2) is 5.27. The lowest BCUT2D eigenvalue weighted by Gasteiger charge is -2.07. The topological polar surface area (TPSA) is 42.0 Å². The van der Waals surface area contributed by atoms with Gasteiger partial charge in [0, 0.05) is 15.3 Å². The van der Waals surface area contributed by atoms with Gasteiger partial charge in [0.15, 0.2) is 0 Å². The Morgan fingerprint density at radius 3 is 2.82 bits per heavy atom. The molecule has 0 bridgehead atoms. The van der Waals surface area contributed by atoms with E-state index in [1.807, 2.05) is 31.2 Å². The predicted molar refractivity (Wildman–Crippen MR) is 76.1 cm³/mol. The Balaban J connectivity index is 2.20. The minimum Gasteiger partial charge on any atom is -0.320 e. The molecular weight excluding hydrogens is 327 g/mol. The van der Waals surface area contributed by atoms with Crippen LogP contribution in [0.4, 0.5) is 5.69 Å². The number of anilines is 1. The van der Waals surface area contributed by atoms with E-state index in [1.165, 1.54) is 0 Å². The van der Waals surface area contributed by atoms with Crippen LogP contribution in [-0.2, 0) is 0 Å². The molecule has 4 heteroatoms. The molecule has 0 aliphatic carbocycles. The van der Waals surface area contributed by atoms with Crippen LogP contribution in [0.25, 0.3) is 0 Å². The lowest BCUT2D eigenvalue weighted by Crippen LogP contribution is -2.13. The Labute approximate surface area is 113 Å². The van der Waals surface area contributed by atoms with Crippen molar-refractivity contribution in [2.45, 2.75) is 6.92 Å². The largest absolute Gasteiger partial charge is 0.320 e. The summed E-state index contributed by atoms with van der Waals surface area (Å²) in [5, 5.41) is 2.85. The molecule has 1 aromatic carbocycles. The number of amides is 1. The lowest BCUT2D eigenvalue weighted by molar-refractivity contribution is 0.102. The van der Waals surface area contributed by atoms with E-state index in [1.54, 1.807) is 18.3 Å². The second-order valence-electron chi connectivity index (χ2n) is 3.60. The van der Waals surface area contributed by atoms with Crippen molar-refractivity contribution in [2.75, 3.05) is 5.32 Å². The van der Waals surface area contributed by atoms with Crippen molar-refractivity contribution < 1.29 is 4.79 Å². The molecule has 0 unspecified atom stereocenters. The maximum atomic E-state index is 12.0. The van der Waals surface area contributed by atoms with Gasteiger partial charge in [0.25, 0.3) is 5.91 Å². The number of hydrogen-bond acceptors (Lipinski definition) is 2. The Hall–Kier alpha value is -1.43. The molecule has 2 aromatic rings. The van der Waals surface area contributed by atoms with Crippen molar-refractivity contribution >= 4 is 34.2 Å². The number of aryl methyl sites for hydroxylation is 1. The zero-order valence-electron chi connectivity index (χ0n) is 9.27. The van der Waals surface area contributed by atoms with Crippen molar-refractivity contribution in [3.63, 3.8) is 0 Å². The van der Waals surface area contributed by atoms with E-state index in [4.69, 9.17) is 0 Å². The van der Waals surface area contributed by atoms with E-state index < -0.39 is 0 Å². The first-order valence-electron chi connectivity index (χ1n) is 5.15. The maximum Gasteiger partial charge on any atom is 0.255 e. The molecule has 0 atom stereocenters. The minimum atomic E-state index is -0.111. The summed E-state index contributed by atoms with van der Waals surface area (Å²) in [6, 6.07) is 11.1. The molecule has 1 aromatic heterocycles. The first-order valence-corrected chi connectivity index (χ1v) is 6.23. The number of carbonyl (C=O) groups is 1. The van der Waals surface area contributed by atoms with Crippen LogP contribution in [0.15, 0.2) is 42.6 Å². The molecule has 17 heavy (non-hydrogen) atoms. The first-order chi connectivity index (χ1) is 8.16. The number of aromatic nitrogens is 1. The van der Waals surface area contributed by atoms with Crippen LogP contribution < -0.4 is 5.32 Å². The highest BCUT2D eigenvalue weighted by molar-refractivity contribution is 14.1. The minimum absolute atomic E-state index is 0.111. The van der Waals surface area contributed by atoms with Gasteiger partial charge in [-0.1, -0.05) is 6.07 Å². The van der Waals surface area contributed by atoms with Gasteiger partial charge >= 0.3 is 0 Å². The van der Waals surface area contributed by atoms with E-state index >= 15 is 0 Å². The lowest BCUT2D eigenvalue weighted by atomic mass is 10.2. The third kappa shape index (κ3) is 3.03. The van der Waals surface area contributed by atoms with E-state index in [0.29, 0.717) is 5.56 Å². The van der Waals surface area contributed by atoms with Gasteiger partial charge < -0.3 is 5.32 Å². The van der Waals surface area contributed by atoms with Crippen molar-refractivity contribution in [3.05, 3.63) is 57.4 Å². The number of carbonyl (C=O) groups excluding carboxylic acids is 1. The van der Waals surface area contributed by atoms with Gasteiger partial charge in [-0.25, -0.2) is 0 Å². The Kier molecular flexibility index (Phi) is 3.73. The van der Waals surface area contributed by atoms with Crippen LogP contribution in [0.3, 0.4) is 0 Å². The van der Waals surface area contributed by atoms with Crippen LogP contribution in [0.2, 0.25) is 0 Å². The molecule has 0 saturated carbocycles. The van der Waals surface area contributed by atoms with E-state index in [9.17, 15) is 4.79 Å². The molecule has 0 fully saturated rings. The molecule has 0 aliphatic heterocycles. The molecule has 0 aliphatic rings. The van der Waals surface area contributed by atoms with Gasteiger partial charge in [-0.05, 0) is 59.8 Å². The zero-order chi connectivity index (χ0) is 12.3. The molecule has 0 radical (unpaired) electrons. The highest BCUT2D eigenvalue weighted by atomic mass is 127. The van der Waals surface area contributed by atoms with Crippen molar-refractivity contribution in [2.24, 2.45) is 0 Å². The predicted octanol–water partition coefficient (Wildman–Crippen LogP) is 3.25. The van der Waals surface area contributed by atoms with Crippen LogP contribution in [0.1, 0.15) is 16.1 Å². The average molecular weight is 338 g/mol. The summed E-state index contributed by atoms with van der Waals surface area (Å²) in [5.41, 5.74) is 2.21. The van der Waals surface area contributed by atoms with Gasteiger partial charge in [0.2, 0.25) is 0 Å². The molecule has 0 saturated heterocycles. The fraction of sp³-hybridized carbons (Fsp3) is 0.0769. The molecule has 1 N–H and O–H groups in total. The average Bonchev–Trinajstić information content (AvgIpc) is 2.32. The molecular formula is C13H11IN2O. The number of benzene rings is 1. The highest BCUT2D eigenvalue weighted by Gasteiger charge is 2.07. The SMILES string of the molecule is Cc1ncccc1NC(=O)c1cccc(I)c1. The van der Waals surface area contributed by atoms with E-state index in [2.05, 4.69) is 32.9 Å². The summed E-state index contributed by atoms with van der Waals surface area (Å²) in [7, 11) is 0. The van der Waals surface area contributed by atoms with Crippen LogP contribution in [0.5, 0.6) is 0 Å². The van der Waals surface area contributed by atoms with Crippen molar-refractivity contribution in [3.8, 4) is 0 Å². The summed E-state index contributed by atoms with van der Waals surface area (Å²) in [6.07, 6.45) is 1.70. The third-order valence-electron chi connectivity index (χ3n) is 2.34. The number of nitrogens with zero attached hydrogens (tertiary/aromatic N) is 1. The normalized spacial score (nSPS) is 10.0. The van der Waals surface area contributed by atoms with Gasteiger partial charge in [0.1, 0.15) is 0 Å². The molecule has 2 rings (SSSR count). The van der Waals surface area contributed by atoms with Gasteiger partial charge in [-0.15, -0.1) is 0 Å². The van der Waals surface area contributed by atoms with Crippen molar-refractivity contribution in [1.29, 1.82) is 0 Å². The fourth-order valence-electron chi connectivity index (χ4n) is 1.44. The fourth-order valence-corrected chi connectivity index (χ4v) is 1.98. The third-order valence-corrected chi connectivity index (χ3v) is 3.01. The highest BCUT2D eigenvalue weighted by Crippen LogP contribution is 2.13. The van der Waals surface area contributed by atoms with Gasteiger partial charge in [0.05, 0.1) is 11.4 Å². The zero-order valence-corrected chi connectivity index (χ0v) is 11.4. The van der Waals surface area contributed by atoms with E-state index in [-0.39, 0.29) is 5.91 Å². The molecule has 1 amide bonds. The van der Waals surface area contributed by atoms with E-state index in [0.717, 1.165) is 15.0 Å². The summed E-state index contributed by atoms with van der Waals surface area (Å²) >= 11 is 2.18.